The van der Waals surface area contributed by atoms with Crippen molar-refractivity contribution in [1.82, 2.24) is 9.78 Å². The summed E-state index contributed by atoms with van der Waals surface area (Å²) in [6.45, 7) is 9.13. The number of aromatic nitrogens is 2. The van der Waals surface area contributed by atoms with E-state index in [0.29, 0.717) is 5.88 Å². The molecule has 1 rings (SSSR count). The molecule has 0 N–H and O–H groups in total. The highest BCUT2D eigenvalue weighted by Crippen LogP contribution is 2.29. The molecule has 0 atom stereocenters. The summed E-state index contributed by atoms with van der Waals surface area (Å²) in [5, 5.41) is 5.18. The molecule has 0 aliphatic heterocycles. The van der Waals surface area contributed by atoms with Gasteiger partial charge in [-0.05, 0) is 25.7 Å². The Morgan fingerprint density at radius 1 is 1.40 bits per heavy atom. The molecule has 0 unspecified atom stereocenters. The molecule has 2 nitrogen and oxygen atoms in total. The average molecular weight is 249 g/mol. The van der Waals surface area contributed by atoms with Crippen LogP contribution in [0, 0.1) is 12.3 Å². The van der Waals surface area contributed by atoms with Crippen LogP contribution < -0.4 is 0 Å². The van der Waals surface area contributed by atoms with Crippen LogP contribution in [0.25, 0.3) is 0 Å². The Bertz CT molecular complexity index is 343. The summed E-state index contributed by atoms with van der Waals surface area (Å²) in [6, 6.07) is 0. The van der Waals surface area contributed by atoms with Crippen LogP contribution in [0.1, 0.15) is 32.2 Å². The lowest BCUT2D eigenvalue weighted by Gasteiger charge is -2.21. The molecule has 0 saturated heterocycles. The zero-order valence-corrected chi connectivity index (χ0v) is 11.3. The van der Waals surface area contributed by atoms with E-state index in [9.17, 15) is 0 Å². The van der Waals surface area contributed by atoms with Crippen LogP contribution in [0.2, 0.25) is 5.02 Å². The summed E-state index contributed by atoms with van der Waals surface area (Å²) in [7, 11) is 0. The third kappa shape index (κ3) is 2.88. The van der Waals surface area contributed by atoms with Crippen molar-refractivity contribution in [3.05, 3.63) is 16.4 Å². The largest absolute Gasteiger partial charge is 0.268 e. The van der Waals surface area contributed by atoms with Crippen molar-refractivity contribution in [2.75, 3.05) is 5.88 Å². The van der Waals surface area contributed by atoms with E-state index in [2.05, 4.69) is 25.9 Å². The Morgan fingerprint density at radius 2 is 2.00 bits per heavy atom. The fraction of sp³-hybridized carbons (Fsp3) is 0.727. The number of hydrogen-bond donors (Lipinski definition) is 0. The fourth-order valence-electron chi connectivity index (χ4n) is 1.54. The van der Waals surface area contributed by atoms with Gasteiger partial charge in [0.2, 0.25) is 0 Å². The van der Waals surface area contributed by atoms with E-state index in [1.54, 1.807) is 0 Å². The molecule has 0 amide bonds. The first-order valence-electron chi connectivity index (χ1n) is 5.19. The van der Waals surface area contributed by atoms with Gasteiger partial charge in [0.05, 0.1) is 16.4 Å². The lowest BCUT2D eigenvalue weighted by atomic mass is 9.90. The lowest BCUT2D eigenvalue weighted by molar-refractivity contribution is 0.400. The summed E-state index contributed by atoms with van der Waals surface area (Å²) in [5.74, 6) is 0.622. The molecule has 0 aliphatic carbocycles. The Morgan fingerprint density at radius 3 is 2.47 bits per heavy atom. The minimum atomic E-state index is 0.0601. The molecule has 86 valence electrons. The third-order valence-corrected chi connectivity index (χ3v) is 3.68. The summed E-state index contributed by atoms with van der Waals surface area (Å²) in [4.78, 5) is 0. The third-order valence-electron chi connectivity index (χ3n) is 2.46. The summed E-state index contributed by atoms with van der Waals surface area (Å²) >= 11 is 12.2. The maximum atomic E-state index is 6.23. The smallest absolute Gasteiger partial charge is 0.0847 e. The van der Waals surface area contributed by atoms with E-state index in [4.69, 9.17) is 23.2 Å². The standard InChI is InChI=1S/C11H18Cl2N2/c1-5-15-9(6-11(3,4)7-12)10(13)8(2)14-15/h5-7H2,1-4H3. The first kappa shape index (κ1) is 12.9. The number of halogens is 2. The van der Waals surface area contributed by atoms with E-state index >= 15 is 0 Å². The van der Waals surface area contributed by atoms with Gasteiger partial charge in [0.25, 0.3) is 0 Å². The maximum Gasteiger partial charge on any atom is 0.0847 e. The molecule has 1 aromatic heterocycles. The number of nitrogens with zero attached hydrogens (tertiary/aromatic N) is 2. The van der Waals surface area contributed by atoms with Crippen LogP contribution in [0.5, 0.6) is 0 Å². The first-order chi connectivity index (χ1) is 6.91. The molecule has 0 fully saturated rings. The van der Waals surface area contributed by atoms with Gasteiger partial charge < -0.3 is 0 Å². The van der Waals surface area contributed by atoms with Crippen LogP contribution in [-0.2, 0) is 13.0 Å². The van der Waals surface area contributed by atoms with Crippen molar-refractivity contribution in [1.29, 1.82) is 0 Å². The lowest BCUT2D eigenvalue weighted by Crippen LogP contribution is -2.19. The molecule has 1 aromatic rings. The Labute approximate surface area is 102 Å². The SMILES string of the molecule is CCn1nc(C)c(Cl)c1CC(C)(C)CCl. The number of rotatable bonds is 4. The van der Waals surface area contributed by atoms with Gasteiger partial charge in [-0.15, -0.1) is 11.6 Å². The molecule has 0 aromatic carbocycles. The molecule has 0 bridgehead atoms. The van der Waals surface area contributed by atoms with Crippen LogP contribution in [0.15, 0.2) is 0 Å². The minimum absolute atomic E-state index is 0.0601. The second-order valence-corrected chi connectivity index (χ2v) is 5.28. The van der Waals surface area contributed by atoms with Crippen molar-refractivity contribution < 1.29 is 0 Å². The van der Waals surface area contributed by atoms with E-state index in [1.807, 2.05) is 11.6 Å². The number of hydrogen-bond acceptors (Lipinski definition) is 1. The van der Waals surface area contributed by atoms with E-state index in [-0.39, 0.29) is 5.41 Å². The Kier molecular flexibility index (Phi) is 4.07. The molecule has 0 aliphatic rings. The van der Waals surface area contributed by atoms with Gasteiger partial charge in [-0.2, -0.15) is 5.10 Å². The minimum Gasteiger partial charge on any atom is -0.268 e. The summed E-state index contributed by atoms with van der Waals surface area (Å²) < 4.78 is 1.96. The van der Waals surface area contributed by atoms with Gasteiger partial charge in [-0.1, -0.05) is 25.4 Å². The van der Waals surface area contributed by atoms with E-state index in [1.165, 1.54) is 0 Å². The second kappa shape index (κ2) is 4.75. The zero-order chi connectivity index (χ0) is 11.6. The Hall–Kier alpha value is -0.210. The van der Waals surface area contributed by atoms with Gasteiger partial charge in [-0.3, -0.25) is 4.68 Å². The molecule has 0 radical (unpaired) electrons. The second-order valence-electron chi connectivity index (χ2n) is 4.64. The van der Waals surface area contributed by atoms with Crippen LogP contribution >= 0.6 is 23.2 Å². The fourth-order valence-corrected chi connectivity index (χ4v) is 1.84. The van der Waals surface area contributed by atoms with Gasteiger partial charge >= 0.3 is 0 Å². The highest BCUT2D eigenvalue weighted by atomic mass is 35.5. The van der Waals surface area contributed by atoms with Gasteiger partial charge in [0.15, 0.2) is 0 Å². The highest BCUT2D eigenvalue weighted by molar-refractivity contribution is 6.31. The molecule has 1 heterocycles. The molecule has 0 spiro atoms. The summed E-state index contributed by atoms with van der Waals surface area (Å²) in [5.41, 5.74) is 2.06. The predicted octanol–water partition coefficient (Wildman–Crippen LogP) is 3.67. The van der Waals surface area contributed by atoms with Crippen LogP contribution in [-0.4, -0.2) is 15.7 Å². The quantitative estimate of drug-likeness (QED) is 0.744. The van der Waals surface area contributed by atoms with E-state index < -0.39 is 0 Å². The van der Waals surface area contributed by atoms with Crippen LogP contribution in [0.4, 0.5) is 0 Å². The topological polar surface area (TPSA) is 17.8 Å². The van der Waals surface area contributed by atoms with Crippen molar-refractivity contribution in [2.24, 2.45) is 5.41 Å². The number of alkyl halides is 1. The van der Waals surface area contributed by atoms with Crippen molar-refractivity contribution in [2.45, 2.75) is 40.7 Å². The predicted molar refractivity (Wildman–Crippen MR) is 65.9 cm³/mol. The van der Waals surface area contributed by atoms with Gasteiger partial charge in [-0.25, -0.2) is 0 Å². The van der Waals surface area contributed by atoms with Crippen molar-refractivity contribution in [3.63, 3.8) is 0 Å². The number of aryl methyl sites for hydroxylation is 2. The van der Waals surface area contributed by atoms with E-state index in [0.717, 1.165) is 29.4 Å². The van der Waals surface area contributed by atoms with Crippen molar-refractivity contribution >= 4 is 23.2 Å². The molecule has 4 heteroatoms. The first-order valence-corrected chi connectivity index (χ1v) is 6.10. The Balaban J connectivity index is 3.03. The van der Waals surface area contributed by atoms with Crippen molar-refractivity contribution in [3.8, 4) is 0 Å². The average Bonchev–Trinajstić information content (AvgIpc) is 2.45. The normalized spacial score (nSPS) is 12.1. The van der Waals surface area contributed by atoms with Gasteiger partial charge in [0, 0.05) is 12.4 Å². The molecule has 0 saturated carbocycles. The maximum absolute atomic E-state index is 6.23. The summed E-state index contributed by atoms with van der Waals surface area (Å²) in [6.07, 6.45) is 0.865. The molecular formula is C11H18Cl2N2. The van der Waals surface area contributed by atoms with Gasteiger partial charge in [0.1, 0.15) is 0 Å². The molecular weight excluding hydrogens is 231 g/mol. The van der Waals surface area contributed by atoms with Crippen LogP contribution in [0.3, 0.4) is 0 Å². The molecule has 15 heavy (non-hydrogen) atoms. The zero-order valence-electron chi connectivity index (χ0n) is 9.77. The monoisotopic (exact) mass is 248 g/mol. The highest BCUT2D eigenvalue weighted by Gasteiger charge is 2.22.